The smallest absolute Gasteiger partial charge is 0.261 e. The van der Waals surface area contributed by atoms with Gasteiger partial charge in [0.25, 0.3) is 5.91 Å². The first-order chi connectivity index (χ1) is 9.25. The van der Waals surface area contributed by atoms with Gasteiger partial charge in [0.15, 0.2) is 0 Å². The number of nitrogens with zero attached hydrogens (tertiary/aromatic N) is 3. The van der Waals surface area contributed by atoms with E-state index in [0.717, 1.165) is 16.3 Å². The van der Waals surface area contributed by atoms with Gasteiger partial charge in [0.1, 0.15) is 6.33 Å². The van der Waals surface area contributed by atoms with Gasteiger partial charge >= 0.3 is 0 Å². The Kier molecular flexibility index (Phi) is 3.08. The molecule has 0 radical (unpaired) electrons. The van der Waals surface area contributed by atoms with Crippen molar-refractivity contribution < 1.29 is 4.79 Å². The van der Waals surface area contributed by atoms with E-state index >= 15 is 0 Å². The predicted molar refractivity (Wildman–Crippen MR) is 75.3 cm³/mol. The summed E-state index contributed by atoms with van der Waals surface area (Å²) in [5, 5.41) is 0. The summed E-state index contributed by atoms with van der Waals surface area (Å²) in [5.74, 6) is 0.781. The molecular formula is C13H12N4OS. The monoisotopic (exact) mass is 272 g/mol. The van der Waals surface area contributed by atoms with E-state index in [2.05, 4.69) is 9.97 Å². The number of anilines is 2. The summed E-state index contributed by atoms with van der Waals surface area (Å²) in [6, 6.07) is 5.64. The van der Waals surface area contributed by atoms with E-state index in [0.29, 0.717) is 17.8 Å². The lowest BCUT2D eigenvalue weighted by atomic mass is 10.2. The molecule has 6 heteroatoms. The molecule has 0 atom stereocenters. The Morgan fingerprint density at radius 1 is 1.32 bits per heavy atom. The molecule has 0 spiro atoms. The summed E-state index contributed by atoms with van der Waals surface area (Å²) in [5.41, 5.74) is 7.82. The average Bonchev–Trinajstić information content (AvgIpc) is 2.47. The van der Waals surface area contributed by atoms with Crippen LogP contribution in [0.2, 0.25) is 0 Å². The Balaban J connectivity index is 2.00. The van der Waals surface area contributed by atoms with Crippen LogP contribution in [0.3, 0.4) is 0 Å². The number of carbonyl (C=O) groups is 1. The van der Waals surface area contributed by atoms with Gasteiger partial charge in [-0.15, -0.1) is 11.8 Å². The molecule has 2 heterocycles. The highest BCUT2D eigenvalue weighted by atomic mass is 32.2. The summed E-state index contributed by atoms with van der Waals surface area (Å²) in [6.45, 7) is 0.662. The van der Waals surface area contributed by atoms with Crippen LogP contribution < -0.4 is 10.6 Å². The van der Waals surface area contributed by atoms with Crippen LogP contribution in [0.25, 0.3) is 0 Å². The first-order valence-corrected chi connectivity index (χ1v) is 6.83. The minimum atomic E-state index is -0.0900. The summed E-state index contributed by atoms with van der Waals surface area (Å²) < 4.78 is 0. The van der Waals surface area contributed by atoms with Crippen LogP contribution in [0, 0.1) is 0 Å². The van der Waals surface area contributed by atoms with Crippen LogP contribution in [0.1, 0.15) is 10.4 Å². The van der Waals surface area contributed by atoms with Gasteiger partial charge in [-0.2, -0.15) is 0 Å². The molecule has 0 fully saturated rings. The number of aromatic nitrogens is 2. The van der Waals surface area contributed by atoms with Crippen LogP contribution in [-0.2, 0) is 0 Å². The topological polar surface area (TPSA) is 72.1 Å². The molecule has 0 unspecified atom stereocenters. The van der Waals surface area contributed by atoms with Crippen LogP contribution in [-0.4, -0.2) is 28.2 Å². The van der Waals surface area contributed by atoms with Gasteiger partial charge in [-0.25, -0.2) is 9.97 Å². The zero-order valence-electron chi connectivity index (χ0n) is 10.1. The number of nitrogens with two attached hydrogens (primary N) is 1. The Bertz CT molecular complexity index is 617. The van der Waals surface area contributed by atoms with E-state index < -0.39 is 0 Å². The number of hydrogen-bond acceptors (Lipinski definition) is 5. The Labute approximate surface area is 114 Å². The number of carbonyl (C=O) groups excluding carboxylic acids is 1. The lowest BCUT2D eigenvalue weighted by molar-refractivity contribution is 0.0987. The number of thioether (sulfide) groups is 1. The molecule has 0 saturated carbocycles. The van der Waals surface area contributed by atoms with E-state index in [1.54, 1.807) is 16.7 Å². The minimum absolute atomic E-state index is 0.0900. The Hall–Kier alpha value is -2.08. The zero-order valence-corrected chi connectivity index (χ0v) is 10.9. The maximum Gasteiger partial charge on any atom is 0.261 e. The number of benzene rings is 1. The summed E-state index contributed by atoms with van der Waals surface area (Å²) >= 11 is 1.73. The second kappa shape index (κ2) is 4.89. The fourth-order valence-corrected chi connectivity index (χ4v) is 2.99. The van der Waals surface area contributed by atoms with Crippen molar-refractivity contribution in [1.82, 2.24) is 9.97 Å². The zero-order chi connectivity index (χ0) is 13.2. The second-order valence-corrected chi connectivity index (χ2v) is 5.30. The number of nitrogen functional groups attached to an aromatic ring is 1. The molecule has 3 rings (SSSR count). The minimum Gasteiger partial charge on any atom is -0.399 e. The molecule has 1 aromatic carbocycles. The van der Waals surface area contributed by atoms with Gasteiger partial charge in [0.2, 0.25) is 0 Å². The highest BCUT2D eigenvalue weighted by Crippen LogP contribution is 2.36. The quantitative estimate of drug-likeness (QED) is 0.802. The summed E-state index contributed by atoms with van der Waals surface area (Å²) in [6.07, 6.45) is 4.47. The molecule has 1 aliphatic heterocycles. The first-order valence-electron chi connectivity index (χ1n) is 5.85. The van der Waals surface area contributed by atoms with E-state index in [-0.39, 0.29) is 5.91 Å². The van der Waals surface area contributed by atoms with Crippen molar-refractivity contribution in [3.63, 3.8) is 0 Å². The standard InChI is InChI=1S/C13H12N4OS/c14-10-1-2-12-11(5-10)17(3-4-19-12)13(18)9-6-15-8-16-7-9/h1-2,5-8H,3-4,14H2. The van der Waals surface area contributed by atoms with Crippen molar-refractivity contribution in [3.05, 3.63) is 42.5 Å². The molecule has 2 aromatic rings. The van der Waals surface area contributed by atoms with E-state index in [9.17, 15) is 4.79 Å². The number of fused-ring (bicyclic) bond motifs is 1. The number of amides is 1. The summed E-state index contributed by atoms with van der Waals surface area (Å²) in [7, 11) is 0. The Morgan fingerprint density at radius 3 is 2.89 bits per heavy atom. The first kappa shape index (κ1) is 12.0. The van der Waals surface area contributed by atoms with Crippen LogP contribution in [0.4, 0.5) is 11.4 Å². The molecular weight excluding hydrogens is 260 g/mol. The second-order valence-electron chi connectivity index (χ2n) is 4.16. The SMILES string of the molecule is Nc1ccc2c(c1)N(C(=O)c1cncnc1)CCS2. The largest absolute Gasteiger partial charge is 0.399 e. The lowest BCUT2D eigenvalue weighted by Crippen LogP contribution is -2.35. The molecule has 19 heavy (non-hydrogen) atoms. The van der Waals surface area contributed by atoms with Crippen LogP contribution in [0.15, 0.2) is 41.8 Å². The van der Waals surface area contributed by atoms with Gasteiger partial charge < -0.3 is 10.6 Å². The third-order valence-electron chi connectivity index (χ3n) is 2.90. The normalized spacial score (nSPS) is 14.0. The molecule has 2 N–H and O–H groups in total. The van der Waals surface area contributed by atoms with Crippen molar-refractivity contribution in [2.45, 2.75) is 4.90 Å². The fourth-order valence-electron chi connectivity index (χ4n) is 2.01. The highest BCUT2D eigenvalue weighted by molar-refractivity contribution is 7.99. The molecule has 1 aliphatic rings. The summed E-state index contributed by atoms with van der Waals surface area (Å²) in [4.78, 5) is 23.1. The van der Waals surface area contributed by atoms with E-state index in [4.69, 9.17) is 5.73 Å². The van der Waals surface area contributed by atoms with Gasteiger partial charge in [0.05, 0.1) is 11.3 Å². The van der Waals surface area contributed by atoms with Crippen molar-refractivity contribution in [2.24, 2.45) is 0 Å². The lowest BCUT2D eigenvalue weighted by Gasteiger charge is -2.29. The highest BCUT2D eigenvalue weighted by Gasteiger charge is 2.24. The van der Waals surface area contributed by atoms with Crippen LogP contribution >= 0.6 is 11.8 Å². The third-order valence-corrected chi connectivity index (χ3v) is 3.94. The van der Waals surface area contributed by atoms with Gasteiger partial charge in [-0.05, 0) is 18.2 Å². The van der Waals surface area contributed by atoms with E-state index in [1.165, 1.54) is 18.7 Å². The molecule has 5 nitrogen and oxygen atoms in total. The predicted octanol–water partition coefficient (Wildman–Crippen LogP) is 1.81. The Morgan fingerprint density at radius 2 is 2.11 bits per heavy atom. The molecule has 1 aromatic heterocycles. The van der Waals surface area contributed by atoms with Gasteiger partial charge in [-0.3, -0.25) is 4.79 Å². The van der Waals surface area contributed by atoms with Gasteiger partial charge in [-0.1, -0.05) is 0 Å². The average molecular weight is 272 g/mol. The maximum absolute atomic E-state index is 12.5. The fraction of sp³-hybridized carbons (Fsp3) is 0.154. The van der Waals surface area contributed by atoms with Crippen molar-refractivity contribution in [3.8, 4) is 0 Å². The molecule has 96 valence electrons. The van der Waals surface area contributed by atoms with E-state index in [1.807, 2.05) is 18.2 Å². The van der Waals surface area contributed by atoms with Crippen molar-refractivity contribution >= 4 is 29.0 Å². The molecule has 1 amide bonds. The third kappa shape index (κ3) is 2.26. The number of rotatable bonds is 1. The maximum atomic E-state index is 12.5. The van der Waals surface area contributed by atoms with Crippen LogP contribution in [0.5, 0.6) is 0 Å². The molecule has 0 aliphatic carbocycles. The molecule has 0 bridgehead atoms. The number of hydrogen-bond donors (Lipinski definition) is 1. The van der Waals surface area contributed by atoms with Crippen molar-refractivity contribution in [1.29, 1.82) is 0 Å². The van der Waals surface area contributed by atoms with Gasteiger partial charge in [0, 0.05) is 35.3 Å². The van der Waals surface area contributed by atoms with Crippen molar-refractivity contribution in [2.75, 3.05) is 22.9 Å². The molecule has 0 saturated heterocycles.